The van der Waals surface area contributed by atoms with Gasteiger partial charge in [-0.05, 0) is 6.07 Å². The van der Waals surface area contributed by atoms with Crippen LogP contribution >= 0.6 is 15.9 Å². The lowest BCUT2D eigenvalue weighted by atomic mass is 10.1. The predicted octanol–water partition coefficient (Wildman–Crippen LogP) is 4.10. The summed E-state index contributed by atoms with van der Waals surface area (Å²) in [6.45, 7) is 0. The number of imidazole rings is 1. The summed E-state index contributed by atoms with van der Waals surface area (Å²) in [5.74, 6) is 1.53. The summed E-state index contributed by atoms with van der Waals surface area (Å²) in [5.41, 5.74) is 9.08. The van der Waals surface area contributed by atoms with Crippen LogP contribution in [0.15, 0.2) is 59.1 Å². The minimum Gasteiger partial charge on any atom is -0.383 e. The Morgan fingerprint density at radius 2 is 1.65 bits per heavy atom. The number of nitrogens with zero attached hydrogens (tertiary/aromatic N) is 2. The van der Waals surface area contributed by atoms with Gasteiger partial charge < -0.3 is 10.3 Å². The Morgan fingerprint density at radius 1 is 1.00 bits per heavy atom. The van der Waals surface area contributed by atoms with E-state index < -0.39 is 0 Å². The first-order chi connectivity index (χ1) is 9.68. The lowest BCUT2D eigenvalue weighted by molar-refractivity contribution is 0.937. The fourth-order valence-corrected chi connectivity index (χ4v) is 2.68. The molecule has 0 amide bonds. The van der Waals surface area contributed by atoms with E-state index >= 15 is 0 Å². The molecule has 0 fully saturated rings. The fraction of sp³-hybridized carbons (Fsp3) is 0.0625. The van der Waals surface area contributed by atoms with Crippen LogP contribution in [0, 0.1) is 0 Å². The van der Waals surface area contributed by atoms with Gasteiger partial charge in [0, 0.05) is 22.6 Å². The Morgan fingerprint density at radius 3 is 2.35 bits per heavy atom. The number of hydrogen-bond donors (Lipinski definition) is 1. The van der Waals surface area contributed by atoms with Crippen LogP contribution in [0.3, 0.4) is 0 Å². The highest BCUT2D eigenvalue weighted by atomic mass is 79.9. The molecule has 0 spiro atoms. The molecule has 1 aromatic heterocycles. The average molecular weight is 328 g/mol. The Balaban J connectivity index is 2.19. The molecule has 3 nitrogen and oxygen atoms in total. The van der Waals surface area contributed by atoms with Crippen LogP contribution in [0.1, 0.15) is 0 Å². The van der Waals surface area contributed by atoms with E-state index in [9.17, 15) is 0 Å². The van der Waals surface area contributed by atoms with Crippen molar-refractivity contribution in [2.75, 3.05) is 5.73 Å². The van der Waals surface area contributed by atoms with Crippen LogP contribution in [-0.2, 0) is 7.05 Å². The van der Waals surface area contributed by atoms with Gasteiger partial charge in [-0.1, -0.05) is 64.5 Å². The zero-order chi connectivity index (χ0) is 14.1. The van der Waals surface area contributed by atoms with Crippen LogP contribution in [0.5, 0.6) is 0 Å². The van der Waals surface area contributed by atoms with Crippen molar-refractivity contribution in [3.05, 3.63) is 59.1 Å². The molecule has 3 aromatic rings. The standard InChI is InChI=1S/C16H14BrN3/c1-20-15(18)14(12-9-5-6-10-13(12)17)19-16(20)11-7-3-2-4-8-11/h2-10H,18H2,1H3. The van der Waals surface area contributed by atoms with Crippen LogP contribution in [0.2, 0.25) is 0 Å². The van der Waals surface area contributed by atoms with Gasteiger partial charge in [-0.2, -0.15) is 0 Å². The monoisotopic (exact) mass is 327 g/mol. The minimum atomic E-state index is 0.663. The molecule has 0 saturated heterocycles. The van der Waals surface area contributed by atoms with Gasteiger partial charge in [0.1, 0.15) is 17.3 Å². The summed E-state index contributed by atoms with van der Waals surface area (Å²) in [7, 11) is 1.94. The lowest BCUT2D eigenvalue weighted by Gasteiger charge is -2.03. The minimum absolute atomic E-state index is 0.663. The van der Waals surface area contributed by atoms with Crippen molar-refractivity contribution in [3.63, 3.8) is 0 Å². The Bertz CT molecular complexity index is 748. The topological polar surface area (TPSA) is 43.8 Å². The number of nitrogens with two attached hydrogens (primary N) is 1. The molecular formula is C16H14BrN3. The summed E-state index contributed by atoms with van der Waals surface area (Å²) in [6.07, 6.45) is 0. The molecule has 20 heavy (non-hydrogen) atoms. The Labute approximate surface area is 126 Å². The quantitative estimate of drug-likeness (QED) is 0.770. The van der Waals surface area contributed by atoms with Gasteiger partial charge in [-0.3, -0.25) is 0 Å². The van der Waals surface area contributed by atoms with Gasteiger partial charge in [0.15, 0.2) is 0 Å². The van der Waals surface area contributed by atoms with Crippen molar-refractivity contribution < 1.29 is 0 Å². The second-order valence-electron chi connectivity index (χ2n) is 4.57. The molecule has 2 N–H and O–H groups in total. The molecule has 100 valence electrons. The Hall–Kier alpha value is -2.07. The molecule has 1 heterocycles. The van der Waals surface area contributed by atoms with Gasteiger partial charge in [-0.25, -0.2) is 4.98 Å². The maximum absolute atomic E-state index is 6.22. The van der Waals surface area contributed by atoms with Crippen molar-refractivity contribution in [3.8, 4) is 22.6 Å². The van der Waals surface area contributed by atoms with E-state index in [1.807, 2.05) is 66.2 Å². The normalized spacial score (nSPS) is 10.7. The number of hydrogen-bond acceptors (Lipinski definition) is 2. The molecule has 0 atom stereocenters. The molecule has 0 aliphatic carbocycles. The summed E-state index contributed by atoms with van der Waals surface area (Å²) in [5, 5.41) is 0. The van der Waals surface area contributed by atoms with Crippen molar-refractivity contribution >= 4 is 21.7 Å². The van der Waals surface area contributed by atoms with E-state index in [4.69, 9.17) is 10.7 Å². The third-order valence-electron chi connectivity index (χ3n) is 3.30. The third-order valence-corrected chi connectivity index (χ3v) is 3.99. The molecule has 0 aliphatic heterocycles. The van der Waals surface area contributed by atoms with Gasteiger partial charge in [-0.15, -0.1) is 0 Å². The molecular weight excluding hydrogens is 314 g/mol. The Kier molecular flexibility index (Phi) is 3.32. The fourth-order valence-electron chi connectivity index (χ4n) is 2.21. The van der Waals surface area contributed by atoms with Crippen molar-refractivity contribution in [1.82, 2.24) is 9.55 Å². The van der Waals surface area contributed by atoms with Crippen LogP contribution in [0.4, 0.5) is 5.82 Å². The first kappa shape index (κ1) is 12.9. The van der Waals surface area contributed by atoms with Crippen LogP contribution < -0.4 is 5.73 Å². The third kappa shape index (κ3) is 2.12. The van der Waals surface area contributed by atoms with E-state index in [0.717, 1.165) is 27.1 Å². The molecule has 4 heteroatoms. The van der Waals surface area contributed by atoms with E-state index in [1.165, 1.54) is 0 Å². The zero-order valence-electron chi connectivity index (χ0n) is 11.0. The van der Waals surface area contributed by atoms with E-state index in [1.54, 1.807) is 0 Å². The molecule has 0 saturated carbocycles. The second-order valence-corrected chi connectivity index (χ2v) is 5.43. The number of benzene rings is 2. The summed E-state index contributed by atoms with van der Waals surface area (Å²) >= 11 is 3.55. The zero-order valence-corrected chi connectivity index (χ0v) is 12.6. The highest BCUT2D eigenvalue weighted by Gasteiger charge is 2.16. The molecule has 0 bridgehead atoms. The number of aromatic nitrogens is 2. The maximum atomic E-state index is 6.22. The largest absolute Gasteiger partial charge is 0.383 e. The average Bonchev–Trinajstić information content (AvgIpc) is 2.77. The second kappa shape index (κ2) is 5.13. The van der Waals surface area contributed by atoms with E-state index in [-0.39, 0.29) is 0 Å². The van der Waals surface area contributed by atoms with Crippen molar-refractivity contribution in [2.45, 2.75) is 0 Å². The van der Waals surface area contributed by atoms with Gasteiger partial charge in [0.25, 0.3) is 0 Å². The maximum Gasteiger partial charge on any atom is 0.142 e. The smallest absolute Gasteiger partial charge is 0.142 e. The van der Waals surface area contributed by atoms with Gasteiger partial charge >= 0.3 is 0 Å². The highest BCUT2D eigenvalue weighted by Crippen LogP contribution is 2.34. The van der Waals surface area contributed by atoms with Crippen molar-refractivity contribution in [1.29, 1.82) is 0 Å². The first-order valence-electron chi connectivity index (χ1n) is 6.31. The highest BCUT2D eigenvalue weighted by molar-refractivity contribution is 9.10. The molecule has 0 aliphatic rings. The van der Waals surface area contributed by atoms with Gasteiger partial charge in [0.2, 0.25) is 0 Å². The van der Waals surface area contributed by atoms with Crippen LogP contribution in [-0.4, -0.2) is 9.55 Å². The molecule has 0 radical (unpaired) electrons. The number of rotatable bonds is 2. The molecule has 3 rings (SSSR count). The number of anilines is 1. The van der Waals surface area contributed by atoms with Crippen LogP contribution in [0.25, 0.3) is 22.6 Å². The van der Waals surface area contributed by atoms with E-state index in [2.05, 4.69) is 15.9 Å². The SMILES string of the molecule is Cn1c(-c2ccccc2)nc(-c2ccccc2Br)c1N. The summed E-state index contributed by atoms with van der Waals surface area (Å²) in [4.78, 5) is 4.72. The van der Waals surface area contributed by atoms with Gasteiger partial charge in [0.05, 0.1) is 0 Å². The van der Waals surface area contributed by atoms with Crippen molar-refractivity contribution in [2.24, 2.45) is 7.05 Å². The summed E-state index contributed by atoms with van der Waals surface area (Å²) < 4.78 is 2.91. The molecule has 2 aromatic carbocycles. The predicted molar refractivity (Wildman–Crippen MR) is 86.2 cm³/mol. The number of nitrogen functional groups attached to an aromatic ring is 1. The first-order valence-corrected chi connectivity index (χ1v) is 7.10. The number of halogens is 1. The summed E-state index contributed by atoms with van der Waals surface area (Å²) in [6, 6.07) is 18.0. The van der Waals surface area contributed by atoms with E-state index in [0.29, 0.717) is 5.82 Å². The molecule has 0 unspecified atom stereocenters. The lowest BCUT2D eigenvalue weighted by Crippen LogP contribution is -1.98.